The number of benzene rings is 1. The minimum absolute atomic E-state index is 0.122. The molecule has 1 aliphatic heterocycles. The maximum absolute atomic E-state index is 11.4. The number of ether oxygens (including phenoxy) is 1. The van der Waals surface area contributed by atoms with Crippen molar-refractivity contribution < 1.29 is 14.6 Å². The van der Waals surface area contributed by atoms with Crippen LogP contribution in [-0.4, -0.2) is 52.2 Å². The highest BCUT2D eigenvalue weighted by Crippen LogP contribution is 2.21. The number of carbonyl (C=O) groups is 1. The highest BCUT2D eigenvalue weighted by atomic mass is 16.5. The zero-order valence-corrected chi connectivity index (χ0v) is 12.1. The third kappa shape index (κ3) is 3.29. The minimum atomic E-state index is -1.02. The van der Waals surface area contributed by atoms with Crippen molar-refractivity contribution in [2.24, 2.45) is 0 Å². The van der Waals surface area contributed by atoms with Crippen molar-refractivity contribution in [3.8, 4) is 11.3 Å². The lowest BCUT2D eigenvalue weighted by Crippen LogP contribution is -2.36. The van der Waals surface area contributed by atoms with Gasteiger partial charge in [0, 0.05) is 24.8 Å². The summed E-state index contributed by atoms with van der Waals surface area (Å²) in [6.45, 7) is 3.69. The number of aromatic nitrogens is 2. The van der Waals surface area contributed by atoms with Crippen LogP contribution in [0, 0.1) is 0 Å². The first-order chi connectivity index (χ1) is 10.7. The minimum Gasteiger partial charge on any atom is -0.478 e. The number of aromatic carboxylic acids is 1. The summed E-state index contributed by atoms with van der Waals surface area (Å²) in [5, 5.41) is 9.33. The Morgan fingerprint density at radius 1 is 1.23 bits per heavy atom. The van der Waals surface area contributed by atoms with Crippen LogP contribution in [0.1, 0.15) is 16.2 Å². The largest absolute Gasteiger partial charge is 0.478 e. The Bertz CT molecular complexity index is 655. The Hall–Kier alpha value is -2.31. The van der Waals surface area contributed by atoms with Crippen LogP contribution in [0.2, 0.25) is 0 Å². The summed E-state index contributed by atoms with van der Waals surface area (Å²) in [6, 6.07) is 9.33. The second-order valence-electron chi connectivity index (χ2n) is 5.11. The lowest BCUT2D eigenvalue weighted by atomic mass is 10.1. The van der Waals surface area contributed by atoms with E-state index in [0.717, 1.165) is 18.7 Å². The Labute approximate surface area is 128 Å². The van der Waals surface area contributed by atoms with Gasteiger partial charge in [0.05, 0.1) is 25.5 Å². The molecular weight excluding hydrogens is 282 g/mol. The first-order valence-corrected chi connectivity index (χ1v) is 7.19. The average molecular weight is 299 g/mol. The van der Waals surface area contributed by atoms with Crippen LogP contribution in [0.25, 0.3) is 11.3 Å². The van der Waals surface area contributed by atoms with Gasteiger partial charge in [0.15, 0.2) is 0 Å². The van der Waals surface area contributed by atoms with Crippen molar-refractivity contribution in [2.75, 3.05) is 26.3 Å². The summed E-state index contributed by atoms with van der Waals surface area (Å²) in [4.78, 5) is 22.3. The fourth-order valence-corrected chi connectivity index (χ4v) is 2.43. The molecule has 114 valence electrons. The fourth-order valence-electron chi connectivity index (χ4n) is 2.43. The molecule has 6 heteroatoms. The molecule has 1 saturated heterocycles. The van der Waals surface area contributed by atoms with Gasteiger partial charge >= 0.3 is 5.97 Å². The second kappa shape index (κ2) is 6.64. The third-order valence-corrected chi connectivity index (χ3v) is 3.59. The standard InChI is InChI=1S/C16H17N3O3/c20-16(21)13-10-17-14(11-19-6-8-22-9-7-19)18-15(13)12-4-2-1-3-5-12/h1-5,10H,6-9,11H2,(H,20,21). The molecule has 1 aromatic heterocycles. The van der Waals surface area contributed by atoms with E-state index >= 15 is 0 Å². The van der Waals surface area contributed by atoms with Crippen LogP contribution >= 0.6 is 0 Å². The Morgan fingerprint density at radius 3 is 2.64 bits per heavy atom. The third-order valence-electron chi connectivity index (χ3n) is 3.59. The Kier molecular flexibility index (Phi) is 4.41. The van der Waals surface area contributed by atoms with Gasteiger partial charge in [-0.3, -0.25) is 4.90 Å². The predicted molar refractivity (Wildman–Crippen MR) is 80.5 cm³/mol. The molecule has 0 saturated carbocycles. The van der Waals surface area contributed by atoms with Gasteiger partial charge in [0.1, 0.15) is 11.4 Å². The molecule has 0 bridgehead atoms. The van der Waals surface area contributed by atoms with Crippen molar-refractivity contribution in [2.45, 2.75) is 6.54 Å². The zero-order chi connectivity index (χ0) is 15.4. The van der Waals surface area contributed by atoms with Crippen LogP contribution in [0.4, 0.5) is 0 Å². The number of rotatable bonds is 4. The van der Waals surface area contributed by atoms with E-state index in [9.17, 15) is 9.90 Å². The van der Waals surface area contributed by atoms with Crippen LogP contribution in [0.5, 0.6) is 0 Å². The van der Waals surface area contributed by atoms with Crippen molar-refractivity contribution in [1.29, 1.82) is 0 Å². The molecule has 1 aliphatic rings. The molecule has 1 aromatic carbocycles. The zero-order valence-electron chi connectivity index (χ0n) is 12.1. The van der Waals surface area contributed by atoms with E-state index in [4.69, 9.17) is 4.74 Å². The molecular formula is C16H17N3O3. The van der Waals surface area contributed by atoms with Gasteiger partial charge in [-0.05, 0) is 0 Å². The van der Waals surface area contributed by atoms with E-state index in [2.05, 4.69) is 14.9 Å². The van der Waals surface area contributed by atoms with Crippen LogP contribution in [-0.2, 0) is 11.3 Å². The van der Waals surface area contributed by atoms with E-state index in [1.54, 1.807) is 0 Å². The summed E-state index contributed by atoms with van der Waals surface area (Å²) in [6.07, 6.45) is 1.40. The van der Waals surface area contributed by atoms with Crippen molar-refractivity contribution in [3.63, 3.8) is 0 Å². The molecule has 0 amide bonds. The molecule has 2 aromatic rings. The number of morpholine rings is 1. The van der Waals surface area contributed by atoms with Crippen molar-refractivity contribution in [1.82, 2.24) is 14.9 Å². The van der Waals surface area contributed by atoms with Gasteiger partial charge in [0.25, 0.3) is 0 Å². The summed E-state index contributed by atoms with van der Waals surface area (Å²) in [7, 11) is 0. The molecule has 1 fully saturated rings. The van der Waals surface area contributed by atoms with Crippen molar-refractivity contribution >= 4 is 5.97 Å². The highest BCUT2D eigenvalue weighted by molar-refractivity contribution is 5.94. The number of carboxylic acid groups (broad SMARTS) is 1. The van der Waals surface area contributed by atoms with E-state index < -0.39 is 5.97 Å². The van der Waals surface area contributed by atoms with Gasteiger partial charge in [-0.1, -0.05) is 30.3 Å². The average Bonchev–Trinajstić information content (AvgIpc) is 2.56. The molecule has 6 nitrogen and oxygen atoms in total. The first kappa shape index (κ1) is 14.6. The first-order valence-electron chi connectivity index (χ1n) is 7.19. The second-order valence-corrected chi connectivity index (χ2v) is 5.11. The molecule has 22 heavy (non-hydrogen) atoms. The SMILES string of the molecule is O=C(O)c1cnc(CN2CCOCC2)nc1-c1ccccc1. The maximum atomic E-state index is 11.4. The monoisotopic (exact) mass is 299 g/mol. The summed E-state index contributed by atoms with van der Waals surface area (Å²) >= 11 is 0. The van der Waals surface area contributed by atoms with Crippen LogP contribution in [0.3, 0.4) is 0 Å². The molecule has 0 atom stereocenters. The van der Waals surface area contributed by atoms with Crippen LogP contribution in [0.15, 0.2) is 36.5 Å². The Balaban J connectivity index is 1.91. The fraction of sp³-hybridized carbons (Fsp3) is 0.312. The smallest absolute Gasteiger partial charge is 0.339 e. The lowest BCUT2D eigenvalue weighted by Gasteiger charge is -2.25. The van der Waals surface area contributed by atoms with E-state index in [-0.39, 0.29) is 5.56 Å². The molecule has 0 aliphatic carbocycles. The molecule has 0 unspecified atom stereocenters. The van der Waals surface area contributed by atoms with Gasteiger partial charge in [0.2, 0.25) is 0 Å². The summed E-state index contributed by atoms with van der Waals surface area (Å²) in [5.41, 5.74) is 1.37. The van der Waals surface area contributed by atoms with Gasteiger partial charge in [-0.25, -0.2) is 14.8 Å². The van der Waals surface area contributed by atoms with Gasteiger partial charge in [-0.2, -0.15) is 0 Å². The number of carboxylic acids is 1. The van der Waals surface area contributed by atoms with Gasteiger partial charge < -0.3 is 9.84 Å². The summed E-state index contributed by atoms with van der Waals surface area (Å²) < 4.78 is 5.32. The highest BCUT2D eigenvalue weighted by Gasteiger charge is 2.17. The topological polar surface area (TPSA) is 75.5 Å². The number of nitrogens with zero attached hydrogens (tertiary/aromatic N) is 3. The normalized spacial score (nSPS) is 15.6. The Morgan fingerprint density at radius 2 is 1.95 bits per heavy atom. The van der Waals surface area contributed by atoms with Crippen LogP contribution < -0.4 is 0 Å². The molecule has 0 spiro atoms. The van der Waals surface area contributed by atoms with E-state index in [1.807, 2.05) is 30.3 Å². The van der Waals surface area contributed by atoms with Gasteiger partial charge in [-0.15, -0.1) is 0 Å². The lowest BCUT2D eigenvalue weighted by molar-refractivity contribution is 0.0330. The van der Waals surface area contributed by atoms with Crippen molar-refractivity contribution in [3.05, 3.63) is 47.9 Å². The molecule has 3 rings (SSSR count). The predicted octanol–water partition coefficient (Wildman–Crippen LogP) is 1.67. The molecule has 0 radical (unpaired) electrons. The number of hydrogen-bond acceptors (Lipinski definition) is 5. The maximum Gasteiger partial charge on any atom is 0.339 e. The summed E-state index contributed by atoms with van der Waals surface area (Å²) in [5.74, 6) is -0.387. The van der Waals surface area contributed by atoms with E-state index in [0.29, 0.717) is 31.3 Å². The molecule has 2 heterocycles. The number of hydrogen-bond donors (Lipinski definition) is 1. The molecule has 1 N–H and O–H groups in total. The quantitative estimate of drug-likeness (QED) is 0.925. The van der Waals surface area contributed by atoms with E-state index in [1.165, 1.54) is 6.20 Å².